The van der Waals surface area contributed by atoms with E-state index in [1.165, 1.54) is 16.1 Å². The Kier molecular flexibility index (Phi) is 6.41. The molecule has 0 spiro atoms. The van der Waals surface area contributed by atoms with Gasteiger partial charge in [-0.3, -0.25) is 19.0 Å². The second-order valence-corrected chi connectivity index (χ2v) is 9.68. The smallest absolute Gasteiger partial charge is 0.352 e. The van der Waals surface area contributed by atoms with Gasteiger partial charge in [-0.2, -0.15) is 0 Å². The topological polar surface area (TPSA) is 117 Å². The van der Waals surface area contributed by atoms with Crippen molar-refractivity contribution in [3.8, 4) is 5.75 Å². The van der Waals surface area contributed by atoms with Gasteiger partial charge in [-0.25, -0.2) is 13.9 Å². The van der Waals surface area contributed by atoms with Crippen LogP contribution < -0.4 is 21.3 Å². The van der Waals surface area contributed by atoms with Crippen LogP contribution in [0.1, 0.15) is 66.3 Å². The Bertz CT molecular complexity index is 1620. The van der Waals surface area contributed by atoms with Crippen molar-refractivity contribution in [2.45, 2.75) is 58.2 Å². The lowest BCUT2D eigenvalue weighted by Crippen LogP contribution is -2.33. The van der Waals surface area contributed by atoms with Gasteiger partial charge in [0, 0.05) is 23.2 Å². The number of carbonyl (C=O) groups is 2. The molecule has 10 heteroatoms. The summed E-state index contributed by atoms with van der Waals surface area (Å²) in [6.45, 7) is 3.34. The summed E-state index contributed by atoms with van der Waals surface area (Å²) >= 11 is 0. The van der Waals surface area contributed by atoms with Gasteiger partial charge >= 0.3 is 5.69 Å². The molecule has 10 nitrogen and oxygen atoms in total. The maximum absolute atomic E-state index is 13.5. The van der Waals surface area contributed by atoms with Gasteiger partial charge < -0.3 is 10.1 Å². The third-order valence-corrected chi connectivity index (χ3v) is 6.90. The summed E-state index contributed by atoms with van der Waals surface area (Å²) in [5.74, 6) is 0.174. The lowest BCUT2D eigenvalue weighted by molar-refractivity contribution is 0.0936. The SMILES string of the molecule is COc1ccc(C(=O)Cn2nc3n(C(C)C)c(=O)c4ccc(C(=O)NC5CCCC5)cc4n3c2=O)cc1. The quantitative estimate of drug-likeness (QED) is 0.388. The van der Waals surface area contributed by atoms with E-state index >= 15 is 0 Å². The van der Waals surface area contributed by atoms with Gasteiger partial charge in [0.1, 0.15) is 12.3 Å². The Balaban J connectivity index is 1.61. The number of fused-ring (bicyclic) bond motifs is 3. The van der Waals surface area contributed by atoms with E-state index in [0.29, 0.717) is 22.3 Å². The standard InChI is InChI=1S/C27H29N5O5/c1-16(2)31-25(35)21-13-10-18(24(34)28-19-6-4-5-7-19)14-22(21)32-26(31)29-30(27(32)36)15-23(33)17-8-11-20(37-3)12-9-17/h8-14,16,19H,4-7,15H2,1-3H3,(H,28,34). The minimum Gasteiger partial charge on any atom is -0.497 e. The Morgan fingerprint density at radius 1 is 1.05 bits per heavy atom. The van der Waals surface area contributed by atoms with Crippen LogP contribution in [-0.4, -0.2) is 43.6 Å². The summed E-state index contributed by atoms with van der Waals surface area (Å²) in [5, 5.41) is 7.72. The van der Waals surface area contributed by atoms with Gasteiger partial charge in [0.15, 0.2) is 5.78 Å². The molecule has 1 aliphatic rings. The molecule has 0 aliphatic heterocycles. The molecular formula is C27H29N5O5. The number of ketones is 1. The fourth-order valence-electron chi connectivity index (χ4n) is 4.93. The molecule has 2 aromatic carbocycles. The summed E-state index contributed by atoms with van der Waals surface area (Å²) in [7, 11) is 1.54. The predicted octanol–water partition coefficient (Wildman–Crippen LogP) is 2.96. The molecule has 0 bridgehead atoms. The Labute approximate surface area is 212 Å². The molecule has 1 fully saturated rings. The third kappa shape index (κ3) is 4.43. The van der Waals surface area contributed by atoms with Crippen LogP contribution in [0.3, 0.4) is 0 Å². The molecule has 37 heavy (non-hydrogen) atoms. The first-order chi connectivity index (χ1) is 17.8. The second kappa shape index (κ2) is 9.68. The molecule has 0 unspecified atom stereocenters. The van der Waals surface area contributed by atoms with Crippen molar-refractivity contribution in [2.24, 2.45) is 0 Å². The first kappa shape index (κ1) is 24.5. The van der Waals surface area contributed by atoms with Crippen LogP contribution in [0.2, 0.25) is 0 Å². The monoisotopic (exact) mass is 503 g/mol. The number of ether oxygens (including phenoxy) is 1. The van der Waals surface area contributed by atoms with Gasteiger partial charge in [-0.15, -0.1) is 5.10 Å². The normalized spacial score (nSPS) is 14.1. The van der Waals surface area contributed by atoms with Crippen LogP contribution in [0.5, 0.6) is 5.75 Å². The van der Waals surface area contributed by atoms with Crippen molar-refractivity contribution in [2.75, 3.05) is 7.11 Å². The molecule has 1 N–H and O–H groups in total. The van der Waals surface area contributed by atoms with Crippen LogP contribution in [0, 0.1) is 0 Å². The molecule has 4 aromatic rings. The van der Waals surface area contributed by atoms with Gasteiger partial charge in [-0.05, 0) is 69.2 Å². The number of nitrogens with zero attached hydrogens (tertiary/aromatic N) is 4. The van der Waals surface area contributed by atoms with Crippen LogP contribution in [-0.2, 0) is 6.54 Å². The number of rotatable bonds is 7. The molecule has 0 atom stereocenters. The Morgan fingerprint density at radius 3 is 2.38 bits per heavy atom. The highest BCUT2D eigenvalue weighted by Crippen LogP contribution is 2.20. The fraction of sp³-hybridized carbons (Fsp3) is 0.370. The van der Waals surface area contributed by atoms with Crippen LogP contribution in [0.4, 0.5) is 0 Å². The van der Waals surface area contributed by atoms with E-state index < -0.39 is 5.69 Å². The van der Waals surface area contributed by atoms with Crippen LogP contribution in [0.15, 0.2) is 52.1 Å². The van der Waals surface area contributed by atoms with E-state index in [2.05, 4.69) is 10.4 Å². The van der Waals surface area contributed by atoms with Gasteiger partial charge in [0.05, 0.1) is 18.0 Å². The third-order valence-electron chi connectivity index (χ3n) is 6.90. The lowest BCUT2D eigenvalue weighted by Gasteiger charge is -2.14. The van der Waals surface area contributed by atoms with E-state index in [1.54, 1.807) is 42.5 Å². The molecule has 192 valence electrons. The molecule has 1 aliphatic carbocycles. The zero-order valence-corrected chi connectivity index (χ0v) is 21.1. The first-order valence-electron chi connectivity index (χ1n) is 12.4. The highest BCUT2D eigenvalue weighted by atomic mass is 16.5. The molecule has 0 saturated heterocycles. The number of carbonyl (C=O) groups excluding carboxylic acids is 2. The number of Topliss-reactive ketones (excluding diaryl/α,β-unsaturated/α-hetero) is 1. The van der Waals surface area contributed by atoms with Crippen molar-refractivity contribution in [1.82, 2.24) is 24.1 Å². The van der Waals surface area contributed by atoms with Crippen molar-refractivity contribution in [3.05, 3.63) is 74.4 Å². The van der Waals surface area contributed by atoms with Crippen LogP contribution in [0.25, 0.3) is 16.7 Å². The predicted molar refractivity (Wildman–Crippen MR) is 139 cm³/mol. The van der Waals surface area contributed by atoms with Gasteiger partial charge in [0.25, 0.3) is 11.5 Å². The fourth-order valence-corrected chi connectivity index (χ4v) is 4.93. The summed E-state index contributed by atoms with van der Waals surface area (Å²) in [4.78, 5) is 52.8. The van der Waals surface area contributed by atoms with E-state index in [4.69, 9.17) is 4.74 Å². The Hall–Kier alpha value is -4.21. The highest BCUT2D eigenvalue weighted by molar-refractivity contribution is 5.98. The minimum atomic E-state index is -0.565. The van der Waals surface area contributed by atoms with Crippen molar-refractivity contribution >= 4 is 28.4 Å². The second-order valence-electron chi connectivity index (χ2n) is 9.68. The van der Waals surface area contributed by atoms with E-state index in [-0.39, 0.29) is 47.2 Å². The minimum absolute atomic E-state index is 0.119. The molecule has 2 heterocycles. The van der Waals surface area contributed by atoms with Crippen molar-refractivity contribution in [1.29, 1.82) is 0 Å². The average molecular weight is 504 g/mol. The van der Waals surface area contributed by atoms with Gasteiger partial charge in [-0.1, -0.05) is 12.8 Å². The first-order valence-corrected chi connectivity index (χ1v) is 12.4. The zero-order valence-electron chi connectivity index (χ0n) is 21.1. The zero-order chi connectivity index (χ0) is 26.3. The van der Waals surface area contributed by atoms with Crippen molar-refractivity contribution in [3.63, 3.8) is 0 Å². The summed E-state index contributed by atoms with van der Waals surface area (Å²) in [5.41, 5.74) is 0.158. The number of hydrogen-bond donors (Lipinski definition) is 1. The number of amides is 1. The summed E-state index contributed by atoms with van der Waals surface area (Å²) < 4.78 is 8.93. The maximum atomic E-state index is 13.5. The molecule has 1 saturated carbocycles. The summed E-state index contributed by atoms with van der Waals surface area (Å²) in [6, 6.07) is 11.1. The van der Waals surface area contributed by atoms with E-state index in [9.17, 15) is 19.2 Å². The van der Waals surface area contributed by atoms with Crippen molar-refractivity contribution < 1.29 is 14.3 Å². The van der Waals surface area contributed by atoms with E-state index in [1.807, 2.05) is 13.8 Å². The van der Waals surface area contributed by atoms with E-state index in [0.717, 1.165) is 30.4 Å². The highest BCUT2D eigenvalue weighted by Gasteiger charge is 2.23. The number of hydrogen-bond acceptors (Lipinski definition) is 6. The number of aromatic nitrogens is 4. The number of benzene rings is 2. The average Bonchev–Trinajstić information content (AvgIpc) is 3.51. The lowest BCUT2D eigenvalue weighted by atomic mass is 10.1. The molecular weight excluding hydrogens is 474 g/mol. The Morgan fingerprint density at radius 2 is 1.73 bits per heavy atom. The molecule has 2 aromatic heterocycles. The molecule has 5 rings (SSSR count). The van der Waals surface area contributed by atoms with Gasteiger partial charge in [0.2, 0.25) is 5.78 Å². The number of nitrogens with one attached hydrogen (secondary N) is 1. The summed E-state index contributed by atoms with van der Waals surface area (Å²) in [6.07, 6.45) is 4.05. The van der Waals surface area contributed by atoms with Crippen LogP contribution >= 0.6 is 0 Å². The maximum Gasteiger partial charge on any atom is 0.352 e. The molecule has 0 radical (unpaired) electrons. The molecule has 1 amide bonds. The number of methoxy groups -OCH3 is 1. The largest absolute Gasteiger partial charge is 0.497 e.